The third kappa shape index (κ3) is 1.45. The largest absolute Gasteiger partial charge is 0.320 e. The lowest BCUT2D eigenvalue weighted by atomic mass is 10.3. The van der Waals surface area contributed by atoms with Crippen molar-refractivity contribution >= 4 is 17.8 Å². The van der Waals surface area contributed by atoms with Gasteiger partial charge in [-0.2, -0.15) is 5.21 Å². The second-order valence-electron chi connectivity index (χ2n) is 2.54. The fourth-order valence-electron chi connectivity index (χ4n) is 1.07. The molecule has 0 spiro atoms. The summed E-state index contributed by atoms with van der Waals surface area (Å²) in [6.45, 7) is 0.149. The number of tetrazole rings is 1. The molecule has 0 atom stereocenters. The van der Waals surface area contributed by atoms with Crippen molar-refractivity contribution in [1.29, 1.82) is 0 Å². The van der Waals surface area contributed by atoms with Gasteiger partial charge in [0.25, 0.3) is 5.95 Å². The molecule has 2 rings (SSSR count). The molecule has 0 aliphatic carbocycles. The first-order valence-electron chi connectivity index (χ1n) is 3.57. The molecule has 1 aliphatic rings. The first-order chi connectivity index (χ1) is 6.25. The molecule has 8 nitrogen and oxygen atoms in total. The van der Waals surface area contributed by atoms with E-state index in [1.54, 1.807) is 0 Å². The molecular weight excluding hydrogens is 176 g/mol. The van der Waals surface area contributed by atoms with Gasteiger partial charge in [0.1, 0.15) is 13.1 Å². The number of carbonyl (C=O) groups is 2. The number of rotatable bonds is 1. The van der Waals surface area contributed by atoms with E-state index in [-0.39, 0.29) is 30.9 Å². The molecular formula is C5H6N6O2. The van der Waals surface area contributed by atoms with Crippen LogP contribution in [0, 0.1) is 0 Å². The quantitative estimate of drug-likeness (QED) is 0.472. The van der Waals surface area contributed by atoms with Crippen LogP contribution in [0.15, 0.2) is 0 Å². The number of aromatic nitrogens is 4. The highest BCUT2D eigenvalue weighted by Crippen LogP contribution is 2.04. The van der Waals surface area contributed by atoms with Gasteiger partial charge in [-0.25, -0.2) is 0 Å². The number of aromatic amines is 1. The summed E-state index contributed by atoms with van der Waals surface area (Å²) in [4.78, 5) is 23.3. The second kappa shape index (κ2) is 2.81. The van der Waals surface area contributed by atoms with Crippen molar-refractivity contribution in [2.45, 2.75) is 0 Å². The van der Waals surface area contributed by atoms with E-state index in [0.29, 0.717) is 0 Å². The number of H-pyrrole nitrogens is 1. The average molecular weight is 182 g/mol. The van der Waals surface area contributed by atoms with Gasteiger partial charge in [0.15, 0.2) is 0 Å². The third-order valence-electron chi connectivity index (χ3n) is 1.56. The Hall–Kier alpha value is -1.99. The van der Waals surface area contributed by atoms with Crippen LogP contribution in [0.2, 0.25) is 0 Å². The van der Waals surface area contributed by atoms with Crippen molar-refractivity contribution in [2.75, 3.05) is 18.0 Å². The SMILES string of the molecule is O=C1CN(c2nn[nH]n2)CC(=O)N1. The van der Waals surface area contributed by atoms with Crippen LogP contribution in [-0.2, 0) is 9.59 Å². The zero-order chi connectivity index (χ0) is 9.26. The van der Waals surface area contributed by atoms with E-state index in [4.69, 9.17) is 0 Å². The minimum Gasteiger partial charge on any atom is -0.320 e. The lowest BCUT2D eigenvalue weighted by Gasteiger charge is -2.23. The first kappa shape index (κ1) is 7.65. The molecule has 2 heterocycles. The number of nitrogens with one attached hydrogen (secondary N) is 2. The molecule has 1 fully saturated rings. The molecule has 8 heteroatoms. The van der Waals surface area contributed by atoms with E-state index in [0.717, 1.165) is 0 Å². The number of piperazine rings is 1. The molecule has 1 saturated heterocycles. The van der Waals surface area contributed by atoms with Crippen molar-refractivity contribution in [3.05, 3.63) is 0 Å². The predicted molar refractivity (Wildman–Crippen MR) is 39.5 cm³/mol. The van der Waals surface area contributed by atoms with Crippen LogP contribution in [0.3, 0.4) is 0 Å². The Morgan fingerprint density at radius 1 is 1.23 bits per heavy atom. The maximum atomic E-state index is 10.9. The van der Waals surface area contributed by atoms with Gasteiger partial charge in [-0.3, -0.25) is 14.9 Å². The van der Waals surface area contributed by atoms with Crippen LogP contribution in [0.1, 0.15) is 0 Å². The van der Waals surface area contributed by atoms with E-state index in [1.165, 1.54) is 4.90 Å². The molecule has 2 amide bonds. The van der Waals surface area contributed by atoms with Gasteiger partial charge in [-0.1, -0.05) is 5.10 Å². The zero-order valence-corrected chi connectivity index (χ0v) is 6.52. The van der Waals surface area contributed by atoms with E-state index < -0.39 is 0 Å². The van der Waals surface area contributed by atoms with E-state index in [1.807, 2.05) is 0 Å². The van der Waals surface area contributed by atoms with Gasteiger partial charge in [0, 0.05) is 0 Å². The highest BCUT2D eigenvalue weighted by atomic mass is 16.2. The molecule has 0 aromatic carbocycles. The van der Waals surface area contributed by atoms with Gasteiger partial charge in [0.2, 0.25) is 11.8 Å². The first-order valence-corrected chi connectivity index (χ1v) is 3.57. The molecule has 13 heavy (non-hydrogen) atoms. The maximum Gasteiger partial charge on any atom is 0.266 e. The summed E-state index contributed by atoms with van der Waals surface area (Å²) < 4.78 is 0. The summed E-state index contributed by atoms with van der Waals surface area (Å²) in [5.74, 6) is -0.467. The molecule has 0 radical (unpaired) electrons. The lowest BCUT2D eigenvalue weighted by molar-refractivity contribution is -0.130. The van der Waals surface area contributed by atoms with E-state index in [2.05, 4.69) is 25.9 Å². The number of nitrogens with zero attached hydrogens (tertiary/aromatic N) is 4. The number of hydrogen-bond donors (Lipinski definition) is 2. The average Bonchev–Trinajstić information content (AvgIpc) is 2.53. The summed E-state index contributed by atoms with van der Waals surface area (Å²) in [5.41, 5.74) is 0. The Labute approximate surface area is 72.3 Å². The summed E-state index contributed by atoms with van der Waals surface area (Å²) >= 11 is 0. The fourth-order valence-corrected chi connectivity index (χ4v) is 1.07. The van der Waals surface area contributed by atoms with Gasteiger partial charge in [-0.05, 0) is 5.21 Å². The van der Waals surface area contributed by atoms with Crippen LogP contribution in [0.25, 0.3) is 0 Å². The molecule has 0 saturated carbocycles. The maximum absolute atomic E-state index is 10.9. The number of anilines is 1. The van der Waals surface area contributed by atoms with Crippen LogP contribution in [0.5, 0.6) is 0 Å². The predicted octanol–water partition coefficient (Wildman–Crippen LogP) is -2.34. The minimum absolute atomic E-state index is 0.0747. The lowest BCUT2D eigenvalue weighted by Crippen LogP contribution is -2.51. The molecule has 1 aromatic rings. The normalized spacial score (nSPS) is 17.4. The second-order valence-corrected chi connectivity index (χ2v) is 2.54. The molecule has 2 N–H and O–H groups in total. The molecule has 1 aromatic heterocycles. The third-order valence-corrected chi connectivity index (χ3v) is 1.56. The monoisotopic (exact) mass is 182 g/mol. The van der Waals surface area contributed by atoms with Gasteiger partial charge in [-0.15, -0.1) is 5.10 Å². The Morgan fingerprint density at radius 3 is 2.46 bits per heavy atom. The van der Waals surface area contributed by atoms with Crippen molar-refractivity contribution in [2.24, 2.45) is 0 Å². The van der Waals surface area contributed by atoms with Crippen molar-refractivity contribution < 1.29 is 9.59 Å². The Balaban J connectivity index is 2.16. The molecule has 0 bridgehead atoms. The Morgan fingerprint density at radius 2 is 1.92 bits per heavy atom. The number of hydrogen-bond acceptors (Lipinski definition) is 6. The highest BCUT2D eigenvalue weighted by molar-refractivity contribution is 6.02. The standard InChI is InChI=1S/C5H6N6O2/c12-3-1-11(2-4(13)6-3)5-7-9-10-8-5/h1-2H2,(H,6,12,13)(H,7,8,9,10). The number of imide groups is 1. The van der Waals surface area contributed by atoms with Crippen molar-refractivity contribution in [1.82, 2.24) is 25.9 Å². The Bertz CT molecular complexity index is 317. The van der Waals surface area contributed by atoms with Crippen LogP contribution < -0.4 is 10.2 Å². The topological polar surface area (TPSA) is 104 Å². The van der Waals surface area contributed by atoms with Gasteiger partial charge < -0.3 is 4.90 Å². The highest BCUT2D eigenvalue weighted by Gasteiger charge is 2.24. The summed E-state index contributed by atoms with van der Waals surface area (Å²) in [6, 6.07) is 0. The fraction of sp³-hybridized carbons (Fsp3) is 0.400. The van der Waals surface area contributed by atoms with E-state index >= 15 is 0 Å². The van der Waals surface area contributed by atoms with Crippen LogP contribution >= 0.6 is 0 Å². The van der Waals surface area contributed by atoms with Crippen molar-refractivity contribution in [3.63, 3.8) is 0 Å². The van der Waals surface area contributed by atoms with Crippen molar-refractivity contribution in [3.8, 4) is 0 Å². The van der Waals surface area contributed by atoms with Crippen LogP contribution in [-0.4, -0.2) is 45.5 Å². The summed E-state index contributed by atoms with van der Waals surface area (Å²) in [7, 11) is 0. The Kier molecular flexibility index (Phi) is 1.65. The smallest absolute Gasteiger partial charge is 0.266 e. The van der Waals surface area contributed by atoms with Crippen LogP contribution in [0.4, 0.5) is 5.95 Å². The molecule has 68 valence electrons. The molecule has 1 aliphatic heterocycles. The minimum atomic E-state index is -0.360. The number of amides is 2. The van der Waals surface area contributed by atoms with Gasteiger partial charge >= 0.3 is 0 Å². The molecule has 0 unspecified atom stereocenters. The van der Waals surface area contributed by atoms with E-state index in [9.17, 15) is 9.59 Å². The summed E-state index contributed by atoms with van der Waals surface area (Å²) in [6.07, 6.45) is 0. The number of carbonyl (C=O) groups excluding carboxylic acids is 2. The van der Waals surface area contributed by atoms with Gasteiger partial charge in [0.05, 0.1) is 0 Å². The zero-order valence-electron chi connectivity index (χ0n) is 6.52. The summed E-state index contributed by atoms with van der Waals surface area (Å²) in [5, 5.41) is 15.0.